The number of hydrogen-bond acceptors (Lipinski definition) is 18. The van der Waals surface area contributed by atoms with E-state index in [9.17, 15) is 0 Å². The lowest BCUT2D eigenvalue weighted by Gasteiger charge is -2.06. The maximum atomic E-state index is 6.75. The number of nitrogens with zero attached hydrogens (tertiary/aromatic N) is 24. The SMILES string of the molecule is CCn1nc(-c2ccccc2)c2c(Cl)c(-c3ccccc3)nnc21.Cc1ccc(-c2nn(C)c3nnc(-c4ccccc4)c(Cl)c23)cc1.Cc1ccc(-c2nn(C)c3nnc(-c4ccccc4)c(Cl)c23)cc1.Cc1cccc(-c2nn(C)c3nnc(-c4ccccc4)c(Cl)c23)c1.Cc1ccccc1-c1nn(C)c2nnc(-c3ccccc3)c(Cl)c12.Cc1ccccc1-c1nn(C)c2nnc(-c3ccccc3)c(Cl)c12. The molecule has 0 saturated carbocycles. The van der Waals surface area contributed by atoms with Crippen molar-refractivity contribution >= 4 is 136 Å². The molecule has 12 heterocycles. The van der Waals surface area contributed by atoms with E-state index in [4.69, 9.17) is 74.7 Å². The second-order valence-corrected chi connectivity index (χ2v) is 36.5. The van der Waals surface area contributed by atoms with E-state index in [-0.39, 0.29) is 0 Å². The standard InChI is InChI=1S/6C19H15ClN4/c2*1-12-8-6-7-11-14(12)18-15-16(20)17(13-9-4-3-5-10-13)21-22-19(15)24(2)23-18;1-12-7-6-10-14(11-12)17-15-16(20)18(13-8-4-3-5-9-13)21-22-19(15)24(2)23-17;2*1-12-8-10-14(11-9-12)17-15-16(20)18(13-6-4-3-5-7-13)21-22-19(15)24(2)23-17;1-2-24-19-15(17(23-24)13-9-5-3-6-10-13)16(20)18(21-22-19)14-11-7-4-8-12-14/h5*3-11H,1-2H3;3-12H,2H2,1H3. The summed E-state index contributed by atoms with van der Waals surface area (Å²) in [5.74, 6) is 0. The maximum absolute atomic E-state index is 6.75. The number of halogens is 6. The Morgan fingerprint density at radius 2 is 0.396 bits per heavy atom. The van der Waals surface area contributed by atoms with Crippen molar-refractivity contribution in [2.45, 2.75) is 48.1 Å². The summed E-state index contributed by atoms with van der Waals surface area (Å²) in [6.45, 7) is 13.1. The van der Waals surface area contributed by atoms with Gasteiger partial charge in [-0.05, 0) is 58.7 Å². The molecule has 708 valence electrons. The van der Waals surface area contributed by atoms with Crippen LogP contribution in [0.5, 0.6) is 0 Å². The smallest absolute Gasteiger partial charge is 0.182 e. The molecule has 0 N–H and O–H groups in total. The second-order valence-electron chi connectivity index (χ2n) is 34.2. The van der Waals surface area contributed by atoms with Crippen LogP contribution in [0.15, 0.2) is 334 Å². The normalized spacial score (nSPS) is 11.1. The highest BCUT2D eigenvalue weighted by Gasteiger charge is 2.28. The van der Waals surface area contributed by atoms with Gasteiger partial charge in [0.05, 0.1) is 62.5 Å². The molecule has 24 aromatic rings. The van der Waals surface area contributed by atoms with E-state index in [1.807, 2.05) is 296 Å². The van der Waals surface area contributed by atoms with E-state index in [1.54, 1.807) is 23.4 Å². The maximum Gasteiger partial charge on any atom is 0.182 e. The molecule has 12 aromatic heterocycles. The molecule has 30 heteroatoms. The highest BCUT2D eigenvalue weighted by Crippen LogP contribution is 2.45. The molecule has 24 rings (SSSR count). The number of aromatic nitrogens is 24. The number of hydrogen-bond donors (Lipinski definition) is 0. The molecule has 24 nitrogen and oxygen atoms in total. The summed E-state index contributed by atoms with van der Waals surface area (Å²) in [4.78, 5) is 0. The molecule has 0 saturated heterocycles. The molecule has 0 aliphatic heterocycles. The van der Waals surface area contributed by atoms with Crippen LogP contribution in [0.3, 0.4) is 0 Å². The van der Waals surface area contributed by atoms with Gasteiger partial charge in [-0.1, -0.05) is 414 Å². The summed E-state index contributed by atoms with van der Waals surface area (Å²) in [6, 6.07) is 110. The fourth-order valence-corrected chi connectivity index (χ4v) is 19.0. The molecule has 0 spiro atoms. The van der Waals surface area contributed by atoms with Crippen molar-refractivity contribution in [3.63, 3.8) is 0 Å². The van der Waals surface area contributed by atoms with Crippen molar-refractivity contribution in [3.8, 4) is 135 Å². The Labute approximate surface area is 859 Å². The van der Waals surface area contributed by atoms with E-state index in [0.29, 0.717) is 105 Å². The Kier molecular flexibility index (Phi) is 28.6. The van der Waals surface area contributed by atoms with E-state index in [0.717, 1.165) is 144 Å². The van der Waals surface area contributed by atoms with Crippen LogP contribution in [0.4, 0.5) is 0 Å². The highest BCUT2D eigenvalue weighted by atomic mass is 35.5. The molecule has 0 bridgehead atoms. The lowest BCUT2D eigenvalue weighted by atomic mass is 10.0. The molecule has 12 aromatic carbocycles. The van der Waals surface area contributed by atoms with Gasteiger partial charge in [0.2, 0.25) is 0 Å². The third-order valence-corrected chi connectivity index (χ3v) is 26.6. The summed E-state index contributed by atoms with van der Waals surface area (Å²) in [5.41, 5.74) is 30.8. The number of aryl methyl sites for hydroxylation is 11. The minimum absolute atomic E-state index is 0.579. The first-order chi connectivity index (χ1) is 70.1. The molecule has 0 aliphatic carbocycles. The van der Waals surface area contributed by atoms with E-state index in [2.05, 4.69) is 206 Å². The van der Waals surface area contributed by atoms with Gasteiger partial charge in [-0.2, -0.15) is 30.6 Å². The summed E-state index contributed by atoms with van der Waals surface area (Å²) < 4.78 is 10.5. The Balaban J connectivity index is 0.000000109. The first kappa shape index (κ1) is 96.5. The number of fused-ring (bicyclic) bond motifs is 6. The third kappa shape index (κ3) is 19.6. The predicted molar refractivity (Wildman–Crippen MR) is 581 cm³/mol. The highest BCUT2D eigenvalue weighted by molar-refractivity contribution is 6.42. The van der Waals surface area contributed by atoms with E-state index < -0.39 is 0 Å². The molecule has 0 aliphatic rings. The zero-order valence-electron chi connectivity index (χ0n) is 80.0. The van der Waals surface area contributed by atoms with Crippen LogP contribution < -0.4 is 0 Å². The van der Waals surface area contributed by atoms with Crippen molar-refractivity contribution in [3.05, 3.63) is 392 Å². The van der Waals surface area contributed by atoms with Gasteiger partial charge in [0.15, 0.2) is 33.9 Å². The lowest BCUT2D eigenvalue weighted by molar-refractivity contribution is 0.675. The first-order valence-corrected chi connectivity index (χ1v) is 48.4. The molecule has 0 amide bonds. The third-order valence-electron chi connectivity index (χ3n) is 24.4. The van der Waals surface area contributed by atoms with Gasteiger partial charge < -0.3 is 0 Å². The second kappa shape index (κ2) is 42.6. The fraction of sp³-hybridized carbons (Fsp3) is 0.105. The molecular weight excluding hydrogens is 1920 g/mol. The van der Waals surface area contributed by atoms with Gasteiger partial charge in [0.1, 0.15) is 68.3 Å². The van der Waals surface area contributed by atoms with Gasteiger partial charge in [-0.3, -0.25) is 0 Å². The van der Waals surface area contributed by atoms with Crippen LogP contribution in [-0.4, -0.2) is 120 Å². The summed E-state index contributed by atoms with van der Waals surface area (Å²) in [6.07, 6.45) is 0. The Hall–Kier alpha value is -16.3. The van der Waals surface area contributed by atoms with Crippen LogP contribution in [0.1, 0.15) is 34.7 Å². The minimum atomic E-state index is 0.579. The summed E-state index contributed by atoms with van der Waals surface area (Å²) in [7, 11) is 9.28. The van der Waals surface area contributed by atoms with Crippen molar-refractivity contribution in [2.75, 3.05) is 0 Å². The van der Waals surface area contributed by atoms with Gasteiger partial charge in [0.25, 0.3) is 0 Å². The predicted octanol–water partition coefficient (Wildman–Crippen LogP) is 28.1. The van der Waals surface area contributed by atoms with Crippen LogP contribution in [-0.2, 0) is 41.8 Å². The molecular formula is C114H90Cl6N24. The van der Waals surface area contributed by atoms with Crippen molar-refractivity contribution in [2.24, 2.45) is 35.2 Å². The van der Waals surface area contributed by atoms with E-state index in [1.165, 1.54) is 16.7 Å². The van der Waals surface area contributed by atoms with Gasteiger partial charge >= 0.3 is 0 Å². The van der Waals surface area contributed by atoms with Gasteiger partial charge in [-0.25, -0.2) is 28.1 Å². The van der Waals surface area contributed by atoms with Crippen LogP contribution in [0.2, 0.25) is 30.1 Å². The average Bonchev–Trinajstić information content (AvgIpc) is 1.61. The topological polar surface area (TPSA) is 262 Å². The minimum Gasteiger partial charge on any atom is -0.248 e. The fourth-order valence-electron chi connectivity index (χ4n) is 17.1. The Morgan fingerprint density at radius 3 is 0.660 bits per heavy atom. The zero-order chi connectivity index (χ0) is 99.9. The van der Waals surface area contributed by atoms with Gasteiger partial charge in [0, 0.05) is 109 Å². The van der Waals surface area contributed by atoms with E-state index >= 15 is 0 Å². The molecule has 0 atom stereocenters. The average molecular weight is 2010 g/mol. The lowest BCUT2D eigenvalue weighted by Crippen LogP contribution is -1.99. The molecule has 144 heavy (non-hydrogen) atoms. The van der Waals surface area contributed by atoms with Crippen molar-refractivity contribution in [1.82, 2.24) is 120 Å². The zero-order valence-corrected chi connectivity index (χ0v) is 84.5. The number of benzene rings is 12. The Bertz CT molecular complexity index is 8380. The quantitative estimate of drug-likeness (QED) is 0.104. The van der Waals surface area contributed by atoms with Crippen LogP contribution >= 0.6 is 69.6 Å². The number of rotatable bonds is 13. The van der Waals surface area contributed by atoms with Gasteiger partial charge in [-0.15, -0.1) is 61.2 Å². The molecule has 0 unspecified atom stereocenters. The van der Waals surface area contributed by atoms with Crippen molar-refractivity contribution < 1.29 is 0 Å². The summed E-state index contributed by atoms with van der Waals surface area (Å²) in [5, 5.41) is 88.5. The first-order valence-electron chi connectivity index (χ1n) is 46.2. The largest absolute Gasteiger partial charge is 0.248 e. The van der Waals surface area contributed by atoms with Crippen molar-refractivity contribution in [1.29, 1.82) is 0 Å². The van der Waals surface area contributed by atoms with Crippen LogP contribution in [0, 0.1) is 34.6 Å². The van der Waals surface area contributed by atoms with Crippen LogP contribution in [0.25, 0.3) is 201 Å². The summed E-state index contributed by atoms with van der Waals surface area (Å²) >= 11 is 40.4. The monoisotopic (exact) mass is 2000 g/mol. The molecule has 0 radical (unpaired) electrons. The Morgan fingerprint density at radius 1 is 0.188 bits per heavy atom. The molecule has 0 fully saturated rings.